The van der Waals surface area contributed by atoms with Crippen molar-refractivity contribution in [1.82, 2.24) is 0 Å². The Bertz CT molecular complexity index is 1630. The van der Waals surface area contributed by atoms with Gasteiger partial charge < -0.3 is 13.6 Å². The molecule has 0 bridgehead atoms. The lowest BCUT2D eigenvalue weighted by atomic mass is 10.0. The Balaban J connectivity index is 1.50. The average Bonchev–Trinajstić information content (AvgIpc) is 2.81. The zero-order valence-corrected chi connectivity index (χ0v) is 17.8. The van der Waals surface area contributed by atoms with Gasteiger partial charge in [0.1, 0.15) is 16.9 Å². The van der Waals surface area contributed by atoms with E-state index in [0.29, 0.717) is 32.9 Å². The van der Waals surface area contributed by atoms with Gasteiger partial charge in [-0.1, -0.05) is 29.8 Å². The van der Waals surface area contributed by atoms with Gasteiger partial charge in [-0.25, -0.2) is 9.59 Å². The Morgan fingerprint density at radius 1 is 0.818 bits per heavy atom. The van der Waals surface area contributed by atoms with Crippen LogP contribution >= 0.6 is 11.6 Å². The number of halogens is 1. The number of ketones is 1. The van der Waals surface area contributed by atoms with Gasteiger partial charge in [0.15, 0.2) is 12.4 Å². The van der Waals surface area contributed by atoms with Gasteiger partial charge in [0.25, 0.3) is 0 Å². The molecule has 5 aromatic rings. The number of carbonyl (C=O) groups is 1. The predicted molar refractivity (Wildman–Crippen MR) is 125 cm³/mol. The molecule has 0 atom stereocenters. The fourth-order valence-corrected chi connectivity index (χ4v) is 3.70. The third-order valence-electron chi connectivity index (χ3n) is 5.18. The molecular formula is C26H15ClO6. The number of carbonyl (C=O) groups excluding carboxylic acids is 1. The van der Waals surface area contributed by atoms with Gasteiger partial charge >= 0.3 is 11.3 Å². The van der Waals surface area contributed by atoms with Crippen LogP contribution in [0.4, 0.5) is 0 Å². The number of fused-ring (bicyclic) bond motifs is 2. The molecule has 0 saturated heterocycles. The Labute approximate surface area is 191 Å². The van der Waals surface area contributed by atoms with Gasteiger partial charge in [-0.2, -0.15) is 0 Å². The smallest absolute Gasteiger partial charge is 0.344 e. The highest BCUT2D eigenvalue weighted by atomic mass is 35.5. The van der Waals surface area contributed by atoms with E-state index in [4.69, 9.17) is 25.2 Å². The first kappa shape index (κ1) is 20.7. The maximum absolute atomic E-state index is 12.6. The van der Waals surface area contributed by atoms with E-state index < -0.39 is 11.3 Å². The Morgan fingerprint density at radius 2 is 1.61 bits per heavy atom. The second-order valence-electron chi connectivity index (χ2n) is 7.34. The van der Waals surface area contributed by atoms with Crippen molar-refractivity contribution in [2.24, 2.45) is 0 Å². The number of ether oxygens (including phenoxy) is 1. The van der Waals surface area contributed by atoms with Gasteiger partial charge in [0.2, 0.25) is 0 Å². The van der Waals surface area contributed by atoms with Gasteiger partial charge in [-0.3, -0.25) is 4.79 Å². The summed E-state index contributed by atoms with van der Waals surface area (Å²) in [5.74, 6) is 0.117. The van der Waals surface area contributed by atoms with Gasteiger partial charge in [-0.15, -0.1) is 0 Å². The van der Waals surface area contributed by atoms with Crippen molar-refractivity contribution < 1.29 is 18.4 Å². The molecule has 6 nitrogen and oxygen atoms in total. The number of hydrogen-bond donors (Lipinski definition) is 0. The van der Waals surface area contributed by atoms with E-state index in [2.05, 4.69) is 0 Å². The van der Waals surface area contributed by atoms with Crippen molar-refractivity contribution in [2.45, 2.75) is 0 Å². The molecule has 0 unspecified atom stereocenters. The number of para-hydroxylation sites is 1. The van der Waals surface area contributed by atoms with Gasteiger partial charge in [0.05, 0.1) is 5.56 Å². The van der Waals surface area contributed by atoms with E-state index in [0.717, 1.165) is 5.39 Å². The summed E-state index contributed by atoms with van der Waals surface area (Å²) in [5, 5.41) is 1.80. The zero-order valence-electron chi connectivity index (χ0n) is 17.0. The first-order chi connectivity index (χ1) is 16.0. The molecule has 2 heterocycles. The number of hydrogen-bond acceptors (Lipinski definition) is 6. The monoisotopic (exact) mass is 458 g/mol. The largest absolute Gasteiger partial charge is 0.485 e. The Morgan fingerprint density at radius 3 is 2.42 bits per heavy atom. The molecule has 0 fully saturated rings. The van der Waals surface area contributed by atoms with Crippen LogP contribution in [0.15, 0.2) is 97.3 Å². The SMILES string of the molecule is O=C(COc1ccc2c(-c3cc4ccccc4oc3=O)cc(=O)oc2c1)c1ccc(Cl)cc1. The molecule has 162 valence electrons. The van der Waals surface area contributed by atoms with Crippen molar-refractivity contribution in [3.8, 4) is 16.9 Å². The lowest BCUT2D eigenvalue weighted by Gasteiger charge is -2.09. The highest BCUT2D eigenvalue weighted by Crippen LogP contribution is 2.29. The highest BCUT2D eigenvalue weighted by Gasteiger charge is 2.15. The first-order valence-corrected chi connectivity index (χ1v) is 10.4. The molecule has 0 spiro atoms. The van der Waals surface area contributed by atoms with E-state index in [1.54, 1.807) is 54.6 Å². The lowest BCUT2D eigenvalue weighted by molar-refractivity contribution is 0.0921. The predicted octanol–water partition coefficient (Wildman–Crippen LogP) is 5.48. The second kappa shape index (κ2) is 8.41. The van der Waals surface area contributed by atoms with Crippen molar-refractivity contribution in [2.75, 3.05) is 6.61 Å². The summed E-state index contributed by atoms with van der Waals surface area (Å²) < 4.78 is 16.3. The van der Waals surface area contributed by atoms with E-state index >= 15 is 0 Å². The Kier molecular flexibility index (Phi) is 5.28. The summed E-state index contributed by atoms with van der Waals surface area (Å²) in [5.41, 5.74) is 0.606. The van der Waals surface area contributed by atoms with Crippen LogP contribution in [0.2, 0.25) is 5.02 Å². The highest BCUT2D eigenvalue weighted by molar-refractivity contribution is 6.30. The molecule has 0 aliphatic carbocycles. The van der Waals surface area contributed by atoms with E-state index in [-0.39, 0.29) is 23.5 Å². The molecular weight excluding hydrogens is 444 g/mol. The summed E-state index contributed by atoms with van der Waals surface area (Å²) in [6, 6.07) is 21.4. The quantitative estimate of drug-likeness (QED) is 0.256. The summed E-state index contributed by atoms with van der Waals surface area (Å²) in [7, 11) is 0. The normalized spacial score (nSPS) is 11.1. The first-order valence-electron chi connectivity index (χ1n) is 10.0. The van der Waals surface area contributed by atoms with Gasteiger partial charge in [0, 0.05) is 39.1 Å². The molecule has 0 radical (unpaired) electrons. The maximum Gasteiger partial charge on any atom is 0.344 e. The standard InChI is InChI=1S/C26H15ClO6/c27-17-7-5-15(6-8-17)22(28)14-31-18-9-10-19-20(13-25(29)32-24(19)12-18)21-11-16-3-1-2-4-23(16)33-26(21)30/h1-13H,14H2. The van der Waals surface area contributed by atoms with Crippen LogP contribution in [0.3, 0.4) is 0 Å². The molecule has 0 aliphatic rings. The number of rotatable bonds is 5. The van der Waals surface area contributed by atoms with Crippen LogP contribution in [-0.4, -0.2) is 12.4 Å². The van der Waals surface area contributed by atoms with Crippen LogP contribution in [-0.2, 0) is 0 Å². The molecule has 0 amide bonds. The summed E-state index contributed by atoms with van der Waals surface area (Å²) in [6.45, 7) is -0.203. The summed E-state index contributed by atoms with van der Waals surface area (Å²) in [4.78, 5) is 37.2. The minimum Gasteiger partial charge on any atom is -0.485 e. The number of benzene rings is 3. The fourth-order valence-electron chi connectivity index (χ4n) is 3.57. The molecule has 0 aliphatic heterocycles. The maximum atomic E-state index is 12.6. The molecule has 5 rings (SSSR count). The van der Waals surface area contributed by atoms with Crippen molar-refractivity contribution in [3.63, 3.8) is 0 Å². The third kappa shape index (κ3) is 4.16. The van der Waals surface area contributed by atoms with Crippen molar-refractivity contribution >= 4 is 39.3 Å². The van der Waals surface area contributed by atoms with E-state index in [9.17, 15) is 14.4 Å². The second-order valence-corrected chi connectivity index (χ2v) is 7.78. The van der Waals surface area contributed by atoms with E-state index in [1.165, 1.54) is 12.1 Å². The topological polar surface area (TPSA) is 86.7 Å². The van der Waals surface area contributed by atoms with Crippen LogP contribution in [0.1, 0.15) is 10.4 Å². The van der Waals surface area contributed by atoms with Crippen molar-refractivity contribution in [1.29, 1.82) is 0 Å². The van der Waals surface area contributed by atoms with Crippen LogP contribution in [0, 0.1) is 0 Å². The van der Waals surface area contributed by atoms with E-state index in [1.807, 2.05) is 12.1 Å². The average molecular weight is 459 g/mol. The lowest BCUT2D eigenvalue weighted by Crippen LogP contribution is -2.11. The third-order valence-corrected chi connectivity index (χ3v) is 5.44. The fraction of sp³-hybridized carbons (Fsp3) is 0.0385. The Hall–Kier alpha value is -4.16. The minimum atomic E-state index is -0.626. The molecule has 7 heteroatoms. The van der Waals surface area contributed by atoms with Crippen molar-refractivity contribution in [3.05, 3.63) is 110 Å². The molecule has 2 aromatic heterocycles. The molecule has 0 N–H and O–H groups in total. The summed E-state index contributed by atoms with van der Waals surface area (Å²) >= 11 is 5.85. The summed E-state index contributed by atoms with van der Waals surface area (Å²) in [6.07, 6.45) is 0. The minimum absolute atomic E-state index is 0.203. The molecule has 33 heavy (non-hydrogen) atoms. The van der Waals surface area contributed by atoms with Gasteiger partial charge in [-0.05, 0) is 48.5 Å². The zero-order chi connectivity index (χ0) is 22.9. The molecule has 3 aromatic carbocycles. The number of Topliss-reactive ketones (excluding diaryl/α,β-unsaturated/α-hetero) is 1. The molecule has 0 saturated carbocycles. The van der Waals surface area contributed by atoms with Crippen LogP contribution in [0.25, 0.3) is 33.1 Å². The van der Waals surface area contributed by atoms with Crippen LogP contribution < -0.4 is 16.0 Å². The van der Waals surface area contributed by atoms with Crippen LogP contribution in [0.5, 0.6) is 5.75 Å².